The van der Waals surface area contributed by atoms with Gasteiger partial charge in [-0.15, -0.1) is 5.92 Å². The highest BCUT2D eigenvalue weighted by atomic mass is 19.4. The molecule has 0 bridgehead atoms. The maximum absolute atomic E-state index is 13.5. The standard InChI is InChI=1S/C25H37F3O2/c1-4-5-18(29)14-16-7-9-20-19-8-6-17-15-24(30,25(26,27)28)13-12-23(17,3)21(19)10-11-22(16,20)2/h16-21,29-30H,6-15H2,1-3H3/t16-,17-,18-,19+,20+,21+,22-,23+,24-/m1/s1. The third kappa shape index (κ3) is 3.32. The van der Waals surface area contributed by atoms with Crippen LogP contribution in [0.3, 0.4) is 0 Å². The van der Waals surface area contributed by atoms with Crippen LogP contribution >= 0.6 is 0 Å². The number of hydrogen-bond acceptors (Lipinski definition) is 2. The molecule has 0 spiro atoms. The number of rotatable bonds is 2. The largest absolute Gasteiger partial charge is 0.417 e. The average Bonchev–Trinajstić information content (AvgIpc) is 2.98. The first-order chi connectivity index (χ1) is 13.9. The Morgan fingerprint density at radius 2 is 1.67 bits per heavy atom. The minimum absolute atomic E-state index is 0.0395. The van der Waals surface area contributed by atoms with Crippen molar-refractivity contribution in [1.29, 1.82) is 0 Å². The maximum Gasteiger partial charge on any atom is 0.417 e. The molecule has 0 unspecified atom stereocenters. The molecule has 4 fully saturated rings. The molecular formula is C25H37F3O2. The molecule has 0 heterocycles. The van der Waals surface area contributed by atoms with E-state index in [0.29, 0.717) is 30.1 Å². The zero-order valence-corrected chi connectivity index (χ0v) is 18.6. The Labute approximate surface area is 179 Å². The molecule has 0 saturated heterocycles. The Bertz CT molecular complexity index is 724. The molecule has 0 aromatic heterocycles. The molecule has 0 aromatic carbocycles. The van der Waals surface area contributed by atoms with Gasteiger partial charge in [0, 0.05) is 0 Å². The maximum atomic E-state index is 13.5. The summed E-state index contributed by atoms with van der Waals surface area (Å²) >= 11 is 0. The van der Waals surface area contributed by atoms with Crippen molar-refractivity contribution in [2.24, 2.45) is 40.4 Å². The van der Waals surface area contributed by atoms with Gasteiger partial charge in [-0.3, -0.25) is 0 Å². The lowest BCUT2D eigenvalue weighted by atomic mass is 9.43. The summed E-state index contributed by atoms with van der Waals surface area (Å²) in [4.78, 5) is 0. The number of aliphatic hydroxyl groups excluding tert-OH is 1. The van der Waals surface area contributed by atoms with Crippen molar-refractivity contribution in [3.63, 3.8) is 0 Å². The second-order valence-corrected chi connectivity index (χ2v) is 11.4. The second-order valence-electron chi connectivity index (χ2n) is 11.4. The summed E-state index contributed by atoms with van der Waals surface area (Å²) in [6, 6.07) is 0. The van der Waals surface area contributed by atoms with Crippen LogP contribution in [-0.2, 0) is 0 Å². The molecule has 4 aliphatic carbocycles. The van der Waals surface area contributed by atoms with E-state index in [4.69, 9.17) is 0 Å². The number of alkyl halides is 3. The van der Waals surface area contributed by atoms with E-state index in [-0.39, 0.29) is 29.6 Å². The van der Waals surface area contributed by atoms with Crippen molar-refractivity contribution in [2.45, 2.75) is 103 Å². The van der Waals surface area contributed by atoms with E-state index in [1.807, 2.05) is 0 Å². The minimum atomic E-state index is -4.53. The van der Waals surface area contributed by atoms with E-state index in [1.54, 1.807) is 6.92 Å². The quantitative estimate of drug-likeness (QED) is 0.555. The molecule has 4 rings (SSSR count). The molecule has 0 amide bonds. The molecule has 9 atom stereocenters. The van der Waals surface area contributed by atoms with Crippen molar-refractivity contribution in [1.82, 2.24) is 0 Å². The summed E-state index contributed by atoms with van der Waals surface area (Å²) in [7, 11) is 0. The normalized spacial score (nSPS) is 49.3. The highest BCUT2D eigenvalue weighted by Crippen LogP contribution is 2.69. The van der Waals surface area contributed by atoms with Crippen LogP contribution in [0.2, 0.25) is 0 Å². The van der Waals surface area contributed by atoms with Crippen molar-refractivity contribution < 1.29 is 23.4 Å². The Hall–Kier alpha value is -0.730. The van der Waals surface area contributed by atoms with Gasteiger partial charge >= 0.3 is 6.18 Å². The van der Waals surface area contributed by atoms with Gasteiger partial charge in [0.15, 0.2) is 5.60 Å². The van der Waals surface area contributed by atoms with Crippen LogP contribution in [0, 0.1) is 52.3 Å². The third-order valence-electron chi connectivity index (χ3n) is 10.3. The van der Waals surface area contributed by atoms with Gasteiger partial charge in [0.2, 0.25) is 0 Å². The highest BCUT2D eigenvalue weighted by Gasteiger charge is 2.65. The van der Waals surface area contributed by atoms with Gasteiger partial charge in [-0.05, 0) is 112 Å². The smallest absolute Gasteiger partial charge is 0.380 e. The predicted molar refractivity (Wildman–Crippen MR) is 110 cm³/mol. The number of halogens is 3. The fraction of sp³-hybridized carbons (Fsp3) is 0.920. The predicted octanol–water partition coefficient (Wildman–Crippen LogP) is 5.71. The van der Waals surface area contributed by atoms with Crippen LogP contribution in [0.1, 0.15) is 85.0 Å². The van der Waals surface area contributed by atoms with Gasteiger partial charge in [-0.25, -0.2) is 0 Å². The van der Waals surface area contributed by atoms with E-state index in [1.165, 1.54) is 6.42 Å². The molecule has 0 aliphatic heterocycles. The summed E-state index contributed by atoms with van der Waals surface area (Å²) in [6.45, 7) is 6.38. The molecule has 2 N–H and O–H groups in total. The highest BCUT2D eigenvalue weighted by molar-refractivity contribution is 5.12. The van der Waals surface area contributed by atoms with E-state index < -0.39 is 17.9 Å². The molecule has 4 aliphatic rings. The molecular weight excluding hydrogens is 389 g/mol. The Balaban J connectivity index is 1.52. The fourth-order valence-electron chi connectivity index (χ4n) is 8.49. The van der Waals surface area contributed by atoms with Crippen LogP contribution < -0.4 is 0 Å². The number of hydrogen-bond donors (Lipinski definition) is 2. The Kier molecular flexibility index (Phi) is 5.55. The number of aliphatic hydroxyl groups is 2. The van der Waals surface area contributed by atoms with Gasteiger partial charge < -0.3 is 10.2 Å². The summed E-state index contributed by atoms with van der Waals surface area (Å²) in [5.41, 5.74) is -2.38. The van der Waals surface area contributed by atoms with Crippen LogP contribution in [0.4, 0.5) is 13.2 Å². The summed E-state index contributed by atoms with van der Waals surface area (Å²) < 4.78 is 40.5. The molecule has 4 saturated carbocycles. The van der Waals surface area contributed by atoms with E-state index in [9.17, 15) is 23.4 Å². The lowest BCUT2D eigenvalue weighted by molar-refractivity contribution is -0.290. The lowest BCUT2D eigenvalue weighted by Crippen LogP contribution is -2.59. The first-order valence-corrected chi connectivity index (χ1v) is 11.8. The van der Waals surface area contributed by atoms with Crippen LogP contribution in [0.5, 0.6) is 0 Å². The zero-order valence-electron chi connectivity index (χ0n) is 18.6. The van der Waals surface area contributed by atoms with Gasteiger partial charge in [-0.1, -0.05) is 19.8 Å². The first kappa shape index (κ1) is 22.5. The van der Waals surface area contributed by atoms with E-state index in [0.717, 1.165) is 38.5 Å². The van der Waals surface area contributed by atoms with Gasteiger partial charge in [0.25, 0.3) is 0 Å². The second kappa shape index (κ2) is 7.41. The molecule has 170 valence electrons. The van der Waals surface area contributed by atoms with Crippen molar-refractivity contribution >= 4 is 0 Å². The van der Waals surface area contributed by atoms with Gasteiger partial charge in [0.1, 0.15) is 6.10 Å². The molecule has 0 radical (unpaired) electrons. The first-order valence-electron chi connectivity index (χ1n) is 11.8. The monoisotopic (exact) mass is 426 g/mol. The fourth-order valence-corrected chi connectivity index (χ4v) is 8.49. The van der Waals surface area contributed by atoms with E-state index in [2.05, 4.69) is 25.7 Å². The molecule has 0 aromatic rings. The van der Waals surface area contributed by atoms with Crippen molar-refractivity contribution in [3.05, 3.63) is 0 Å². The lowest BCUT2D eigenvalue weighted by Gasteiger charge is -2.62. The molecule has 2 nitrogen and oxygen atoms in total. The topological polar surface area (TPSA) is 40.5 Å². The molecule has 30 heavy (non-hydrogen) atoms. The Morgan fingerprint density at radius 1 is 0.967 bits per heavy atom. The van der Waals surface area contributed by atoms with Gasteiger partial charge in [0.05, 0.1) is 0 Å². The number of fused-ring (bicyclic) bond motifs is 5. The van der Waals surface area contributed by atoms with Crippen LogP contribution in [0.25, 0.3) is 0 Å². The summed E-state index contributed by atoms with van der Waals surface area (Å²) in [5, 5.41) is 20.6. The average molecular weight is 427 g/mol. The third-order valence-corrected chi connectivity index (χ3v) is 10.3. The van der Waals surface area contributed by atoms with Gasteiger partial charge in [-0.2, -0.15) is 13.2 Å². The van der Waals surface area contributed by atoms with Crippen molar-refractivity contribution in [3.8, 4) is 11.8 Å². The molecule has 5 heteroatoms. The summed E-state index contributed by atoms with van der Waals surface area (Å²) in [5.74, 6) is 7.79. The SMILES string of the molecule is CC#C[C@@H](O)C[C@H]1CC[C@H]2[C@@H]3CC[C@@H]4C[C@@](O)(C(F)(F)F)CC[C@]4(C)[C@H]3CC[C@]12C. The zero-order chi connectivity index (χ0) is 21.9. The van der Waals surface area contributed by atoms with Crippen LogP contribution in [-0.4, -0.2) is 28.1 Å². The van der Waals surface area contributed by atoms with Crippen LogP contribution in [0.15, 0.2) is 0 Å². The Morgan fingerprint density at radius 3 is 2.33 bits per heavy atom. The van der Waals surface area contributed by atoms with E-state index >= 15 is 0 Å². The van der Waals surface area contributed by atoms with Crippen molar-refractivity contribution in [2.75, 3.05) is 0 Å². The minimum Gasteiger partial charge on any atom is -0.380 e. The summed E-state index contributed by atoms with van der Waals surface area (Å²) in [6.07, 6.45) is 2.11.